The van der Waals surface area contributed by atoms with E-state index in [4.69, 9.17) is 14.7 Å². The molecule has 0 unspecified atom stereocenters. The minimum atomic E-state index is 0.634. The van der Waals surface area contributed by atoms with Gasteiger partial charge >= 0.3 is 0 Å². The van der Waals surface area contributed by atoms with E-state index in [9.17, 15) is 0 Å². The molecular weight excluding hydrogens is 154 g/mol. The Labute approximate surface area is 74.3 Å². The number of nitrogens with zero attached hydrogens (tertiary/aromatic N) is 1. The summed E-state index contributed by atoms with van der Waals surface area (Å²) in [6.45, 7) is 4.80. The van der Waals surface area contributed by atoms with Crippen molar-refractivity contribution in [3.05, 3.63) is 0 Å². The Morgan fingerprint density at radius 1 is 1.08 bits per heavy atom. The smallest absolute Gasteiger partial charge is 0.0700 e. The van der Waals surface area contributed by atoms with Gasteiger partial charge in [0.25, 0.3) is 0 Å². The molecule has 0 aromatic heterocycles. The summed E-state index contributed by atoms with van der Waals surface area (Å²) in [4.78, 5) is 0. The number of ether oxygens (including phenoxy) is 2. The maximum atomic E-state index is 8.23. The first-order valence-electron chi connectivity index (χ1n) is 4.44. The highest BCUT2D eigenvalue weighted by Crippen LogP contribution is 1.93. The molecule has 0 fully saturated rings. The van der Waals surface area contributed by atoms with Crippen molar-refractivity contribution in [2.45, 2.75) is 26.2 Å². The van der Waals surface area contributed by atoms with E-state index in [1.165, 1.54) is 0 Å². The van der Waals surface area contributed by atoms with Gasteiger partial charge in [0.1, 0.15) is 0 Å². The maximum absolute atomic E-state index is 8.23. The molecule has 0 aliphatic rings. The molecule has 0 bridgehead atoms. The van der Waals surface area contributed by atoms with Gasteiger partial charge in [-0.05, 0) is 19.8 Å². The molecule has 0 amide bonds. The summed E-state index contributed by atoms with van der Waals surface area (Å²) in [5, 5.41) is 8.23. The Hall–Kier alpha value is -0.590. The molecule has 0 saturated heterocycles. The summed E-state index contributed by atoms with van der Waals surface area (Å²) < 4.78 is 10.3. The molecule has 0 atom stereocenters. The third kappa shape index (κ3) is 9.41. The Bertz CT molecular complexity index is 120. The standard InChI is InChI=1S/C9H17NO2/c1-2-11-8-9-12-7-5-3-4-6-10/h2-5,7-9H2,1H3. The van der Waals surface area contributed by atoms with Crippen LogP contribution in [0.15, 0.2) is 0 Å². The van der Waals surface area contributed by atoms with Gasteiger partial charge in [-0.15, -0.1) is 0 Å². The van der Waals surface area contributed by atoms with Crippen molar-refractivity contribution in [1.82, 2.24) is 0 Å². The van der Waals surface area contributed by atoms with Crippen LogP contribution < -0.4 is 0 Å². The molecule has 0 N–H and O–H groups in total. The SMILES string of the molecule is CCOCCOCCCCC#N. The highest BCUT2D eigenvalue weighted by molar-refractivity contribution is 4.67. The van der Waals surface area contributed by atoms with Gasteiger partial charge in [0.05, 0.1) is 19.3 Å². The van der Waals surface area contributed by atoms with Gasteiger partial charge in [-0.2, -0.15) is 5.26 Å². The number of unbranched alkanes of at least 4 members (excludes halogenated alkanes) is 2. The van der Waals surface area contributed by atoms with Crippen molar-refractivity contribution >= 4 is 0 Å². The van der Waals surface area contributed by atoms with Crippen LogP contribution in [0, 0.1) is 11.3 Å². The van der Waals surface area contributed by atoms with Gasteiger partial charge in [-0.25, -0.2) is 0 Å². The zero-order valence-electron chi connectivity index (χ0n) is 7.71. The van der Waals surface area contributed by atoms with Crippen LogP contribution in [0.2, 0.25) is 0 Å². The number of nitriles is 1. The molecule has 0 rings (SSSR count). The zero-order chi connectivity index (χ0) is 9.07. The second-order valence-corrected chi connectivity index (χ2v) is 2.42. The summed E-state index contributed by atoms with van der Waals surface area (Å²) >= 11 is 0. The highest BCUT2D eigenvalue weighted by atomic mass is 16.5. The third-order valence-corrected chi connectivity index (χ3v) is 1.40. The summed E-state index contributed by atoms with van der Waals surface area (Å²) in [5.74, 6) is 0. The molecule has 3 heteroatoms. The van der Waals surface area contributed by atoms with Crippen LogP contribution >= 0.6 is 0 Å². The van der Waals surface area contributed by atoms with E-state index in [0.29, 0.717) is 19.6 Å². The quantitative estimate of drug-likeness (QED) is 0.522. The summed E-state index contributed by atoms with van der Waals surface area (Å²) in [6.07, 6.45) is 2.54. The first-order valence-corrected chi connectivity index (χ1v) is 4.44. The Morgan fingerprint density at radius 3 is 2.50 bits per heavy atom. The second kappa shape index (κ2) is 10.4. The monoisotopic (exact) mass is 171 g/mol. The van der Waals surface area contributed by atoms with Crippen LogP contribution in [0.4, 0.5) is 0 Å². The van der Waals surface area contributed by atoms with Crippen molar-refractivity contribution in [3.63, 3.8) is 0 Å². The average Bonchev–Trinajstić information content (AvgIpc) is 2.10. The fourth-order valence-corrected chi connectivity index (χ4v) is 0.772. The van der Waals surface area contributed by atoms with Crippen LogP contribution in [0.25, 0.3) is 0 Å². The van der Waals surface area contributed by atoms with Crippen LogP contribution in [-0.2, 0) is 9.47 Å². The molecule has 70 valence electrons. The molecule has 0 radical (unpaired) electrons. The van der Waals surface area contributed by atoms with Crippen molar-refractivity contribution in [2.75, 3.05) is 26.4 Å². The third-order valence-electron chi connectivity index (χ3n) is 1.40. The van der Waals surface area contributed by atoms with Gasteiger partial charge < -0.3 is 9.47 Å². The van der Waals surface area contributed by atoms with E-state index in [1.807, 2.05) is 6.92 Å². The van der Waals surface area contributed by atoms with Gasteiger partial charge in [0.2, 0.25) is 0 Å². The predicted molar refractivity (Wildman–Crippen MR) is 46.8 cm³/mol. The van der Waals surface area contributed by atoms with Gasteiger partial charge in [-0.1, -0.05) is 0 Å². The molecule has 12 heavy (non-hydrogen) atoms. The Balaban J connectivity index is 2.78. The van der Waals surface area contributed by atoms with Crippen LogP contribution in [0.3, 0.4) is 0 Å². The first-order chi connectivity index (χ1) is 5.91. The Kier molecular flexibility index (Phi) is 9.90. The fourth-order valence-electron chi connectivity index (χ4n) is 0.772. The molecule has 0 aromatic rings. The number of hydrogen-bond donors (Lipinski definition) is 0. The fraction of sp³-hybridized carbons (Fsp3) is 0.889. The second-order valence-electron chi connectivity index (χ2n) is 2.42. The van der Waals surface area contributed by atoms with Crippen LogP contribution in [0.1, 0.15) is 26.2 Å². The highest BCUT2D eigenvalue weighted by Gasteiger charge is 1.89. The minimum Gasteiger partial charge on any atom is -0.379 e. The lowest BCUT2D eigenvalue weighted by Gasteiger charge is -2.02. The van der Waals surface area contributed by atoms with E-state index < -0.39 is 0 Å². The van der Waals surface area contributed by atoms with E-state index in [1.54, 1.807) is 0 Å². The largest absolute Gasteiger partial charge is 0.379 e. The molecule has 0 spiro atoms. The van der Waals surface area contributed by atoms with E-state index in [0.717, 1.165) is 26.1 Å². The minimum absolute atomic E-state index is 0.634. The van der Waals surface area contributed by atoms with Crippen molar-refractivity contribution < 1.29 is 9.47 Å². The van der Waals surface area contributed by atoms with Crippen LogP contribution in [-0.4, -0.2) is 26.4 Å². The number of rotatable bonds is 8. The molecule has 0 heterocycles. The lowest BCUT2D eigenvalue weighted by molar-refractivity contribution is 0.0515. The zero-order valence-corrected chi connectivity index (χ0v) is 7.71. The van der Waals surface area contributed by atoms with E-state index >= 15 is 0 Å². The molecular formula is C9H17NO2. The average molecular weight is 171 g/mol. The first kappa shape index (κ1) is 11.4. The van der Waals surface area contributed by atoms with E-state index in [-0.39, 0.29) is 0 Å². The van der Waals surface area contributed by atoms with E-state index in [2.05, 4.69) is 6.07 Å². The van der Waals surface area contributed by atoms with Crippen molar-refractivity contribution in [1.29, 1.82) is 5.26 Å². The molecule has 3 nitrogen and oxygen atoms in total. The van der Waals surface area contributed by atoms with Gasteiger partial charge in [0.15, 0.2) is 0 Å². The van der Waals surface area contributed by atoms with Crippen molar-refractivity contribution in [3.8, 4) is 6.07 Å². The maximum Gasteiger partial charge on any atom is 0.0700 e. The molecule has 0 aromatic carbocycles. The predicted octanol–water partition coefficient (Wildman–Crippen LogP) is 1.73. The Morgan fingerprint density at radius 2 is 1.83 bits per heavy atom. The summed E-state index contributed by atoms with van der Waals surface area (Å²) in [7, 11) is 0. The number of hydrogen-bond acceptors (Lipinski definition) is 3. The van der Waals surface area contributed by atoms with Crippen molar-refractivity contribution in [2.24, 2.45) is 0 Å². The van der Waals surface area contributed by atoms with Crippen LogP contribution in [0.5, 0.6) is 0 Å². The molecule has 0 aliphatic heterocycles. The van der Waals surface area contributed by atoms with Gasteiger partial charge in [-0.3, -0.25) is 0 Å². The molecule has 0 saturated carbocycles. The normalized spacial score (nSPS) is 9.67. The summed E-state index contributed by atoms with van der Waals surface area (Å²) in [5.41, 5.74) is 0. The van der Waals surface area contributed by atoms with Gasteiger partial charge in [0, 0.05) is 19.6 Å². The lowest BCUT2D eigenvalue weighted by Crippen LogP contribution is -2.04. The summed E-state index contributed by atoms with van der Waals surface area (Å²) in [6, 6.07) is 2.10. The lowest BCUT2D eigenvalue weighted by atomic mass is 10.3. The molecule has 0 aliphatic carbocycles. The topological polar surface area (TPSA) is 42.2 Å².